The number of rotatable bonds is 6. The zero-order valence-electron chi connectivity index (χ0n) is 9.90. The first-order chi connectivity index (χ1) is 7.56. The summed E-state index contributed by atoms with van der Waals surface area (Å²) in [5.74, 6) is -0.805. The molecule has 1 aliphatic rings. The summed E-state index contributed by atoms with van der Waals surface area (Å²) in [5, 5.41) is 11.5. The highest BCUT2D eigenvalue weighted by Crippen LogP contribution is 2.32. The molecule has 0 heterocycles. The van der Waals surface area contributed by atoms with E-state index in [0.717, 1.165) is 25.7 Å². The second-order valence-corrected chi connectivity index (χ2v) is 4.38. The molecule has 2 N–H and O–H groups in total. The fourth-order valence-electron chi connectivity index (χ4n) is 1.55. The predicted molar refractivity (Wildman–Crippen MR) is 60.2 cm³/mol. The summed E-state index contributed by atoms with van der Waals surface area (Å²) >= 11 is 0. The van der Waals surface area contributed by atoms with Crippen LogP contribution in [0.25, 0.3) is 0 Å². The summed E-state index contributed by atoms with van der Waals surface area (Å²) in [6.45, 7) is 2.72. The lowest BCUT2D eigenvalue weighted by Gasteiger charge is -2.21. The second-order valence-electron chi connectivity index (χ2n) is 4.38. The Morgan fingerprint density at radius 2 is 2.12 bits per heavy atom. The summed E-state index contributed by atoms with van der Waals surface area (Å²) in [6, 6.07) is -0.996. The van der Waals surface area contributed by atoms with Crippen LogP contribution in [0.4, 0.5) is 4.79 Å². The molecule has 5 nitrogen and oxygen atoms in total. The van der Waals surface area contributed by atoms with Crippen molar-refractivity contribution in [2.24, 2.45) is 5.92 Å². The number of unbranched alkanes of at least 4 members (excludes halogenated alkanes) is 1. The third-order valence-electron chi connectivity index (χ3n) is 2.83. The fourth-order valence-corrected chi connectivity index (χ4v) is 1.55. The highest BCUT2D eigenvalue weighted by molar-refractivity contribution is 5.83. The van der Waals surface area contributed by atoms with Crippen molar-refractivity contribution >= 4 is 12.0 Å². The molecule has 0 radical (unpaired) electrons. The van der Waals surface area contributed by atoms with Gasteiger partial charge in [-0.25, -0.2) is 9.59 Å². The summed E-state index contributed by atoms with van der Waals surface area (Å²) in [4.78, 5) is 24.1. The second kappa shape index (κ2) is 5.72. The minimum atomic E-state index is -0.931. The number of amides is 2. The number of carboxylic acid groups (broad SMARTS) is 1. The van der Waals surface area contributed by atoms with E-state index >= 15 is 0 Å². The molecule has 0 aliphatic heterocycles. The van der Waals surface area contributed by atoms with Crippen molar-refractivity contribution < 1.29 is 14.7 Å². The van der Waals surface area contributed by atoms with Crippen LogP contribution in [-0.2, 0) is 4.79 Å². The van der Waals surface area contributed by atoms with E-state index in [4.69, 9.17) is 5.11 Å². The van der Waals surface area contributed by atoms with Crippen molar-refractivity contribution in [1.82, 2.24) is 10.2 Å². The minimum Gasteiger partial charge on any atom is -0.480 e. The number of carboxylic acids is 1. The fraction of sp³-hybridized carbons (Fsp3) is 0.818. The van der Waals surface area contributed by atoms with Gasteiger partial charge in [-0.05, 0) is 25.2 Å². The first-order valence-corrected chi connectivity index (χ1v) is 5.80. The van der Waals surface area contributed by atoms with E-state index < -0.39 is 12.0 Å². The third-order valence-corrected chi connectivity index (χ3v) is 2.83. The number of carbonyl (C=O) groups excluding carboxylic acids is 1. The minimum absolute atomic E-state index is 0.126. The van der Waals surface area contributed by atoms with Gasteiger partial charge >= 0.3 is 12.0 Å². The van der Waals surface area contributed by atoms with Crippen LogP contribution in [0.3, 0.4) is 0 Å². The van der Waals surface area contributed by atoms with Crippen molar-refractivity contribution in [2.75, 3.05) is 13.6 Å². The van der Waals surface area contributed by atoms with E-state index in [-0.39, 0.29) is 11.9 Å². The van der Waals surface area contributed by atoms with Gasteiger partial charge in [-0.15, -0.1) is 0 Å². The van der Waals surface area contributed by atoms with E-state index in [1.165, 1.54) is 0 Å². The molecule has 0 aromatic heterocycles. The van der Waals surface area contributed by atoms with E-state index in [0.29, 0.717) is 6.54 Å². The molecular formula is C11H20N2O3. The lowest BCUT2D eigenvalue weighted by Crippen LogP contribution is -2.47. The van der Waals surface area contributed by atoms with Crippen LogP contribution < -0.4 is 5.32 Å². The molecular weight excluding hydrogens is 208 g/mol. The number of carbonyl (C=O) groups is 2. The summed E-state index contributed by atoms with van der Waals surface area (Å²) in [6.07, 6.45) is 3.75. The van der Waals surface area contributed by atoms with Crippen LogP contribution >= 0.6 is 0 Å². The van der Waals surface area contributed by atoms with Crippen molar-refractivity contribution in [1.29, 1.82) is 0 Å². The monoisotopic (exact) mass is 228 g/mol. The largest absolute Gasteiger partial charge is 0.480 e. The number of hydrogen-bond donors (Lipinski definition) is 2. The van der Waals surface area contributed by atoms with E-state index in [1.807, 2.05) is 0 Å². The Morgan fingerprint density at radius 1 is 1.50 bits per heavy atom. The summed E-state index contributed by atoms with van der Waals surface area (Å²) in [7, 11) is 1.69. The van der Waals surface area contributed by atoms with Gasteiger partial charge in [0.25, 0.3) is 0 Å². The molecule has 1 unspecified atom stereocenters. The van der Waals surface area contributed by atoms with Gasteiger partial charge in [-0.3, -0.25) is 0 Å². The normalized spacial score (nSPS) is 16.6. The van der Waals surface area contributed by atoms with Gasteiger partial charge in [0.15, 0.2) is 0 Å². The molecule has 0 aromatic carbocycles. The molecule has 0 spiro atoms. The summed E-state index contributed by atoms with van der Waals surface area (Å²) in [5.41, 5.74) is 0. The molecule has 0 aromatic rings. The van der Waals surface area contributed by atoms with Gasteiger partial charge in [0, 0.05) is 13.6 Å². The molecule has 1 atom stereocenters. The molecule has 0 bridgehead atoms. The average molecular weight is 228 g/mol. The van der Waals surface area contributed by atoms with Crippen LogP contribution in [-0.4, -0.2) is 41.6 Å². The Labute approximate surface area is 95.8 Å². The number of urea groups is 1. The van der Waals surface area contributed by atoms with Crippen LogP contribution in [0.5, 0.6) is 0 Å². The standard InChI is InChI=1S/C11H20N2O3/c1-3-4-7-13(2)11(16)12-9(10(14)15)8-5-6-8/h8-9H,3-7H2,1-2H3,(H,12,16)(H,14,15). The molecule has 1 rings (SSSR count). The number of nitrogens with zero attached hydrogens (tertiary/aromatic N) is 1. The Bertz CT molecular complexity index is 264. The van der Waals surface area contributed by atoms with Gasteiger partial charge in [0.1, 0.15) is 6.04 Å². The van der Waals surface area contributed by atoms with Crippen LogP contribution in [0.15, 0.2) is 0 Å². The highest BCUT2D eigenvalue weighted by atomic mass is 16.4. The summed E-state index contributed by atoms with van der Waals surface area (Å²) < 4.78 is 0. The van der Waals surface area contributed by atoms with Crippen LogP contribution in [0.1, 0.15) is 32.6 Å². The quantitative estimate of drug-likeness (QED) is 0.719. The Balaban J connectivity index is 2.38. The van der Waals surface area contributed by atoms with Crippen molar-refractivity contribution in [3.8, 4) is 0 Å². The first kappa shape index (κ1) is 12.8. The van der Waals surface area contributed by atoms with Gasteiger partial charge in [0.2, 0.25) is 0 Å². The van der Waals surface area contributed by atoms with E-state index in [9.17, 15) is 9.59 Å². The van der Waals surface area contributed by atoms with E-state index in [2.05, 4.69) is 12.2 Å². The molecule has 1 aliphatic carbocycles. The van der Waals surface area contributed by atoms with Crippen molar-refractivity contribution in [2.45, 2.75) is 38.6 Å². The molecule has 1 fully saturated rings. The van der Waals surface area contributed by atoms with Crippen LogP contribution in [0.2, 0.25) is 0 Å². The topological polar surface area (TPSA) is 69.6 Å². The molecule has 16 heavy (non-hydrogen) atoms. The maximum Gasteiger partial charge on any atom is 0.326 e. The van der Waals surface area contributed by atoms with Gasteiger partial charge in [-0.1, -0.05) is 13.3 Å². The third kappa shape index (κ3) is 3.72. The van der Waals surface area contributed by atoms with Crippen molar-refractivity contribution in [3.63, 3.8) is 0 Å². The van der Waals surface area contributed by atoms with Crippen LogP contribution in [0, 0.1) is 5.92 Å². The Morgan fingerprint density at radius 3 is 2.56 bits per heavy atom. The lowest BCUT2D eigenvalue weighted by atomic mass is 10.2. The zero-order chi connectivity index (χ0) is 12.1. The molecule has 92 valence electrons. The predicted octanol–water partition coefficient (Wildman–Crippen LogP) is 1.29. The number of nitrogens with one attached hydrogen (secondary N) is 1. The number of aliphatic carboxylic acids is 1. The van der Waals surface area contributed by atoms with Gasteiger partial charge in [0.05, 0.1) is 0 Å². The maximum absolute atomic E-state index is 11.6. The maximum atomic E-state index is 11.6. The highest BCUT2D eigenvalue weighted by Gasteiger charge is 2.37. The smallest absolute Gasteiger partial charge is 0.326 e. The lowest BCUT2D eigenvalue weighted by molar-refractivity contribution is -0.139. The zero-order valence-corrected chi connectivity index (χ0v) is 9.90. The molecule has 2 amide bonds. The molecule has 5 heteroatoms. The first-order valence-electron chi connectivity index (χ1n) is 5.80. The average Bonchev–Trinajstić information content (AvgIpc) is 3.05. The van der Waals surface area contributed by atoms with Gasteiger partial charge < -0.3 is 15.3 Å². The van der Waals surface area contributed by atoms with E-state index in [1.54, 1.807) is 11.9 Å². The Kier molecular flexibility index (Phi) is 4.58. The molecule has 0 saturated heterocycles. The van der Waals surface area contributed by atoms with Gasteiger partial charge in [-0.2, -0.15) is 0 Å². The Hall–Kier alpha value is -1.26. The number of hydrogen-bond acceptors (Lipinski definition) is 2. The van der Waals surface area contributed by atoms with Crippen molar-refractivity contribution in [3.05, 3.63) is 0 Å². The SMILES string of the molecule is CCCCN(C)C(=O)NC(C(=O)O)C1CC1. The molecule has 1 saturated carbocycles.